The number of para-hydroxylation sites is 1. The van der Waals surface area contributed by atoms with E-state index in [4.69, 9.17) is 0 Å². The average molecular weight is 364 g/mol. The highest BCUT2D eigenvalue weighted by atomic mass is 19.2. The molecular formula is C22H18F2N2O. The largest absolute Gasteiger partial charge is 0.359 e. The van der Waals surface area contributed by atoms with Crippen molar-refractivity contribution in [2.24, 2.45) is 0 Å². The fourth-order valence-electron chi connectivity index (χ4n) is 3.47. The third kappa shape index (κ3) is 3.05. The van der Waals surface area contributed by atoms with Crippen molar-refractivity contribution >= 4 is 23.2 Å². The Bertz CT molecular complexity index is 1080. The minimum atomic E-state index is -0.916. The minimum absolute atomic E-state index is 0.160. The Hall–Kier alpha value is -3.21. The second-order valence-corrected chi connectivity index (χ2v) is 6.76. The molecule has 0 spiro atoms. The topological polar surface area (TPSA) is 36.1 Å². The van der Waals surface area contributed by atoms with Gasteiger partial charge in [0.2, 0.25) is 0 Å². The Kier molecular flexibility index (Phi) is 4.15. The number of amides is 1. The lowest BCUT2D eigenvalue weighted by Crippen LogP contribution is -2.25. The number of anilines is 1. The van der Waals surface area contributed by atoms with Crippen LogP contribution < -0.4 is 4.90 Å². The smallest absolute Gasteiger partial charge is 0.259 e. The van der Waals surface area contributed by atoms with Crippen LogP contribution in [-0.4, -0.2) is 10.9 Å². The zero-order chi connectivity index (χ0) is 19.1. The van der Waals surface area contributed by atoms with Gasteiger partial charge in [-0.05, 0) is 55.3 Å². The fraction of sp³-hybridized carbons (Fsp3) is 0.136. The van der Waals surface area contributed by atoms with E-state index >= 15 is 0 Å². The van der Waals surface area contributed by atoms with Gasteiger partial charge in [-0.3, -0.25) is 4.79 Å². The molecule has 0 radical (unpaired) electrons. The van der Waals surface area contributed by atoms with Crippen LogP contribution >= 0.6 is 0 Å². The summed E-state index contributed by atoms with van der Waals surface area (Å²) in [6.07, 6.45) is 1.86. The Labute approximate surface area is 156 Å². The number of benzene rings is 2. The lowest BCUT2D eigenvalue weighted by Gasteiger charge is -2.17. The lowest BCUT2D eigenvalue weighted by atomic mass is 10.1. The Balaban J connectivity index is 1.75. The van der Waals surface area contributed by atoms with E-state index < -0.39 is 11.6 Å². The van der Waals surface area contributed by atoms with Gasteiger partial charge in [0.15, 0.2) is 11.6 Å². The standard InChI is InChI=1S/C22H18F2N2O/c1-13-9-14(2)25-20(13)11-17-16-5-3-4-6-21(16)26(22(17)27)12-15-7-8-18(23)19(24)10-15/h3-11,25H,12H2,1-2H3. The molecule has 4 rings (SSSR count). The summed E-state index contributed by atoms with van der Waals surface area (Å²) in [5, 5.41) is 0. The first-order valence-electron chi connectivity index (χ1n) is 8.67. The molecule has 0 unspecified atom stereocenters. The van der Waals surface area contributed by atoms with Gasteiger partial charge in [0.1, 0.15) is 0 Å². The van der Waals surface area contributed by atoms with E-state index in [1.165, 1.54) is 6.07 Å². The maximum Gasteiger partial charge on any atom is 0.259 e. The zero-order valence-corrected chi connectivity index (χ0v) is 15.0. The maximum absolute atomic E-state index is 13.6. The predicted molar refractivity (Wildman–Crippen MR) is 102 cm³/mol. The molecule has 3 nitrogen and oxygen atoms in total. The van der Waals surface area contributed by atoms with Crippen molar-refractivity contribution in [3.63, 3.8) is 0 Å². The summed E-state index contributed by atoms with van der Waals surface area (Å²) in [6.45, 7) is 4.13. The van der Waals surface area contributed by atoms with Gasteiger partial charge in [-0.1, -0.05) is 24.3 Å². The van der Waals surface area contributed by atoms with Crippen LogP contribution in [0, 0.1) is 25.5 Å². The number of H-pyrrole nitrogens is 1. The number of fused-ring (bicyclic) bond motifs is 1. The van der Waals surface area contributed by atoms with E-state index in [1.807, 2.05) is 50.3 Å². The molecule has 0 aliphatic carbocycles. The van der Waals surface area contributed by atoms with Crippen LogP contribution in [0.15, 0.2) is 48.5 Å². The molecule has 1 aliphatic rings. The number of aromatic amines is 1. The number of nitrogens with zero attached hydrogens (tertiary/aromatic N) is 1. The van der Waals surface area contributed by atoms with Crippen molar-refractivity contribution in [2.45, 2.75) is 20.4 Å². The molecule has 27 heavy (non-hydrogen) atoms. The number of hydrogen-bond donors (Lipinski definition) is 1. The quantitative estimate of drug-likeness (QED) is 0.653. The summed E-state index contributed by atoms with van der Waals surface area (Å²) >= 11 is 0. The highest BCUT2D eigenvalue weighted by molar-refractivity contribution is 6.35. The molecule has 0 saturated carbocycles. The van der Waals surface area contributed by atoms with Gasteiger partial charge < -0.3 is 9.88 Å². The van der Waals surface area contributed by atoms with Crippen LogP contribution in [0.25, 0.3) is 11.6 Å². The Morgan fingerprint density at radius 1 is 1.04 bits per heavy atom. The number of carbonyl (C=O) groups excluding carboxylic acids is 1. The Morgan fingerprint density at radius 3 is 2.52 bits per heavy atom. The monoisotopic (exact) mass is 364 g/mol. The predicted octanol–water partition coefficient (Wildman–Crippen LogP) is 5.00. The van der Waals surface area contributed by atoms with E-state index in [0.717, 1.165) is 40.3 Å². The van der Waals surface area contributed by atoms with Crippen LogP contribution in [0.1, 0.15) is 28.1 Å². The molecule has 3 aromatic rings. The first-order chi connectivity index (χ1) is 12.9. The third-order valence-corrected chi connectivity index (χ3v) is 4.76. The van der Waals surface area contributed by atoms with Gasteiger partial charge in [0, 0.05) is 17.0 Å². The summed E-state index contributed by atoms with van der Waals surface area (Å²) in [7, 11) is 0. The molecule has 0 fully saturated rings. The summed E-state index contributed by atoms with van der Waals surface area (Å²) in [6, 6.07) is 13.2. The van der Waals surface area contributed by atoms with Gasteiger partial charge in [-0.15, -0.1) is 0 Å². The zero-order valence-electron chi connectivity index (χ0n) is 15.0. The van der Waals surface area contributed by atoms with E-state index in [1.54, 1.807) is 4.90 Å². The molecule has 1 amide bonds. The molecule has 2 aromatic carbocycles. The first-order valence-corrected chi connectivity index (χ1v) is 8.67. The SMILES string of the molecule is Cc1cc(C)c(C=C2C(=O)N(Cc3ccc(F)c(F)c3)c3ccccc32)[nH]1. The van der Waals surface area contributed by atoms with E-state index in [9.17, 15) is 13.6 Å². The lowest BCUT2D eigenvalue weighted by molar-refractivity contribution is -0.113. The molecule has 1 N–H and O–H groups in total. The molecule has 0 saturated heterocycles. The number of aryl methyl sites for hydroxylation is 2. The minimum Gasteiger partial charge on any atom is -0.359 e. The summed E-state index contributed by atoms with van der Waals surface area (Å²) in [5.74, 6) is -1.97. The van der Waals surface area contributed by atoms with E-state index in [0.29, 0.717) is 11.1 Å². The summed E-state index contributed by atoms with van der Waals surface area (Å²) in [5.41, 5.74) is 5.68. The van der Waals surface area contributed by atoms with Crippen LogP contribution in [0.2, 0.25) is 0 Å². The average Bonchev–Trinajstić information content (AvgIpc) is 3.09. The van der Waals surface area contributed by atoms with Gasteiger partial charge in [-0.2, -0.15) is 0 Å². The second kappa shape index (κ2) is 6.50. The number of carbonyl (C=O) groups is 1. The molecule has 1 aromatic heterocycles. The van der Waals surface area contributed by atoms with Crippen molar-refractivity contribution in [3.05, 3.63) is 88.2 Å². The normalized spacial score (nSPS) is 14.9. The molecule has 2 heterocycles. The molecule has 0 atom stereocenters. The first kappa shape index (κ1) is 17.2. The molecule has 1 aliphatic heterocycles. The van der Waals surface area contributed by atoms with Gasteiger partial charge in [0.25, 0.3) is 5.91 Å². The Morgan fingerprint density at radius 2 is 1.81 bits per heavy atom. The molecule has 5 heteroatoms. The van der Waals surface area contributed by atoms with Crippen molar-refractivity contribution in [1.29, 1.82) is 0 Å². The summed E-state index contributed by atoms with van der Waals surface area (Å²) in [4.78, 5) is 18.0. The number of halogens is 2. The molecule has 136 valence electrons. The van der Waals surface area contributed by atoms with Gasteiger partial charge in [-0.25, -0.2) is 8.78 Å². The van der Waals surface area contributed by atoms with Crippen LogP contribution in [0.3, 0.4) is 0 Å². The third-order valence-electron chi connectivity index (χ3n) is 4.76. The second-order valence-electron chi connectivity index (χ2n) is 6.76. The van der Waals surface area contributed by atoms with Crippen molar-refractivity contribution in [3.8, 4) is 0 Å². The highest BCUT2D eigenvalue weighted by Crippen LogP contribution is 2.38. The van der Waals surface area contributed by atoms with E-state index in [2.05, 4.69) is 4.98 Å². The van der Waals surface area contributed by atoms with Gasteiger partial charge >= 0.3 is 0 Å². The number of aromatic nitrogens is 1. The van der Waals surface area contributed by atoms with E-state index in [-0.39, 0.29) is 12.5 Å². The van der Waals surface area contributed by atoms with Crippen LogP contribution in [0.4, 0.5) is 14.5 Å². The number of rotatable bonds is 3. The maximum atomic E-state index is 13.6. The molecule has 0 bridgehead atoms. The summed E-state index contributed by atoms with van der Waals surface area (Å²) < 4.78 is 26.8. The van der Waals surface area contributed by atoms with Crippen LogP contribution in [-0.2, 0) is 11.3 Å². The fourth-order valence-corrected chi connectivity index (χ4v) is 3.47. The van der Waals surface area contributed by atoms with Gasteiger partial charge in [0.05, 0.1) is 17.8 Å². The van der Waals surface area contributed by atoms with Crippen molar-refractivity contribution in [2.75, 3.05) is 4.90 Å². The number of hydrogen-bond acceptors (Lipinski definition) is 1. The van der Waals surface area contributed by atoms with Crippen molar-refractivity contribution in [1.82, 2.24) is 4.98 Å². The van der Waals surface area contributed by atoms with Crippen molar-refractivity contribution < 1.29 is 13.6 Å². The molecular weight excluding hydrogens is 346 g/mol. The highest BCUT2D eigenvalue weighted by Gasteiger charge is 2.32. The number of nitrogens with one attached hydrogen (secondary N) is 1. The van der Waals surface area contributed by atoms with Crippen LogP contribution in [0.5, 0.6) is 0 Å².